The molecule has 0 bridgehead atoms. The van der Waals surface area contributed by atoms with Crippen molar-refractivity contribution >= 4 is 20.9 Å². The first-order valence-corrected chi connectivity index (χ1v) is 10.4. The van der Waals surface area contributed by atoms with Crippen LogP contribution in [-0.4, -0.2) is 46.2 Å². The lowest BCUT2D eigenvalue weighted by Gasteiger charge is -2.34. The van der Waals surface area contributed by atoms with Gasteiger partial charge in [0.05, 0.1) is 35.4 Å². The summed E-state index contributed by atoms with van der Waals surface area (Å²) in [6.07, 6.45) is 3.34. The molecule has 4 rings (SSSR count). The van der Waals surface area contributed by atoms with Gasteiger partial charge >= 0.3 is 0 Å². The zero-order valence-electron chi connectivity index (χ0n) is 14.3. The molecule has 9 heteroatoms. The van der Waals surface area contributed by atoms with E-state index in [2.05, 4.69) is 15.1 Å². The molecule has 0 radical (unpaired) electrons. The highest BCUT2D eigenvalue weighted by molar-refractivity contribution is 7.91. The van der Waals surface area contributed by atoms with E-state index in [0.29, 0.717) is 44.1 Å². The molecule has 8 nitrogen and oxygen atoms in total. The van der Waals surface area contributed by atoms with Gasteiger partial charge in [-0.1, -0.05) is 17.3 Å². The van der Waals surface area contributed by atoms with Gasteiger partial charge in [-0.05, 0) is 36.9 Å². The third-order valence-corrected chi connectivity index (χ3v) is 6.85. The first-order chi connectivity index (χ1) is 12.5. The summed E-state index contributed by atoms with van der Waals surface area (Å²) < 4.78 is 30.8. The Morgan fingerprint density at radius 3 is 2.77 bits per heavy atom. The fourth-order valence-electron chi connectivity index (χ4n) is 3.46. The standard InChI is InChI=1S/C17H21N5O3S/c18-11-17(5-7-26(23,24)8-6-17)9-16-20-15(21-25-16)10-22-12-19-13-3-1-2-4-14(13)22/h1-4,12H,5-11,18H2. The van der Waals surface area contributed by atoms with E-state index >= 15 is 0 Å². The van der Waals surface area contributed by atoms with Crippen LogP contribution in [0.3, 0.4) is 0 Å². The van der Waals surface area contributed by atoms with Gasteiger partial charge in [-0.3, -0.25) is 0 Å². The van der Waals surface area contributed by atoms with Crippen LogP contribution in [0.5, 0.6) is 0 Å². The van der Waals surface area contributed by atoms with Crippen LogP contribution in [0.25, 0.3) is 11.0 Å². The molecule has 0 saturated carbocycles. The lowest BCUT2D eigenvalue weighted by Crippen LogP contribution is -2.40. The molecule has 138 valence electrons. The Morgan fingerprint density at radius 2 is 2.00 bits per heavy atom. The average Bonchev–Trinajstić information content (AvgIpc) is 3.25. The number of aromatic nitrogens is 4. The van der Waals surface area contributed by atoms with Gasteiger partial charge in [-0.25, -0.2) is 13.4 Å². The first-order valence-electron chi connectivity index (χ1n) is 8.60. The highest BCUT2D eigenvalue weighted by atomic mass is 32.2. The largest absolute Gasteiger partial charge is 0.339 e. The zero-order chi connectivity index (χ0) is 18.2. The lowest BCUT2D eigenvalue weighted by molar-refractivity contribution is 0.229. The SMILES string of the molecule is NCC1(Cc2nc(Cn3cnc4ccccc43)no2)CCS(=O)(=O)CC1. The van der Waals surface area contributed by atoms with Crippen molar-refractivity contribution in [2.45, 2.75) is 25.8 Å². The second-order valence-electron chi connectivity index (χ2n) is 7.00. The molecule has 1 aliphatic rings. The molecule has 2 N–H and O–H groups in total. The molecule has 3 aromatic rings. The lowest BCUT2D eigenvalue weighted by atomic mass is 9.79. The van der Waals surface area contributed by atoms with Gasteiger partial charge in [0.25, 0.3) is 0 Å². The van der Waals surface area contributed by atoms with Crippen molar-refractivity contribution in [2.24, 2.45) is 11.1 Å². The minimum absolute atomic E-state index is 0.173. The van der Waals surface area contributed by atoms with Crippen molar-refractivity contribution in [3.05, 3.63) is 42.3 Å². The maximum absolute atomic E-state index is 11.7. The smallest absolute Gasteiger partial charge is 0.227 e. The maximum atomic E-state index is 11.7. The Bertz CT molecular complexity index is 1010. The van der Waals surface area contributed by atoms with Crippen LogP contribution in [0.1, 0.15) is 24.6 Å². The molecule has 26 heavy (non-hydrogen) atoms. The summed E-state index contributed by atoms with van der Waals surface area (Å²) in [6, 6.07) is 7.86. The van der Waals surface area contributed by atoms with Gasteiger partial charge in [0.15, 0.2) is 5.82 Å². The summed E-state index contributed by atoms with van der Waals surface area (Å²) in [5, 5.41) is 4.06. The van der Waals surface area contributed by atoms with E-state index in [1.807, 2.05) is 28.8 Å². The number of para-hydroxylation sites is 2. The molecule has 0 spiro atoms. The summed E-state index contributed by atoms with van der Waals surface area (Å²) in [5.74, 6) is 1.42. The van der Waals surface area contributed by atoms with E-state index in [-0.39, 0.29) is 16.9 Å². The molecule has 0 unspecified atom stereocenters. The minimum atomic E-state index is -2.94. The molecular weight excluding hydrogens is 354 g/mol. The summed E-state index contributed by atoms with van der Waals surface area (Å²) in [6.45, 7) is 0.875. The Kier molecular flexibility index (Phi) is 4.28. The molecule has 1 fully saturated rings. The molecule has 1 aromatic carbocycles. The third kappa shape index (κ3) is 3.36. The van der Waals surface area contributed by atoms with Gasteiger partial charge in [-0.15, -0.1) is 0 Å². The number of nitrogens with zero attached hydrogens (tertiary/aromatic N) is 4. The van der Waals surface area contributed by atoms with Crippen molar-refractivity contribution in [3.8, 4) is 0 Å². The number of benzene rings is 1. The van der Waals surface area contributed by atoms with Crippen molar-refractivity contribution in [1.29, 1.82) is 0 Å². The van der Waals surface area contributed by atoms with E-state index in [9.17, 15) is 8.42 Å². The predicted octanol–water partition coefficient (Wildman–Crippen LogP) is 1.16. The van der Waals surface area contributed by atoms with E-state index in [0.717, 1.165) is 11.0 Å². The summed E-state index contributed by atoms with van der Waals surface area (Å²) in [5.41, 5.74) is 7.60. The van der Waals surface area contributed by atoms with Gasteiger partial charge in [0.1, 0.15) is 9.84 Å². The molecule has 1 saturated heterocycles. The number of fused-ring (bicyclic) bond motifs is 1. The van der Waals surface area contributed by atoms with E-state index < -0.39 is 9.84 Å². The summed E-state index contributed by atoms with van der Waals surface area (Å²) in [7, 11) is -2.94. The van der Waals surface area contributed by atoms with Crippen molar-refractivity contribution in [1.82, 2.24) is 19.7 Å². The topological polar surface area (TPSA) is 117 Å². The van der Waals surface area contributed by atoms with Gasteiger partial charge < -0.3 is 14.8 Å². The maximum Gasteiger partial charge on any atom is 0.227 e. The Hall–Kier alpha value is -2.26. The van der Waals surface area contributed by atoms with Crippen molar-refractivity contribution < 1.29 is 12.9 Å². The van der Waals surface area contributed by atoms with Crippen LogP contribution in [0.4, 0.5) is 0 Å². The molecule has 1 aliphatic heterocycles. The quantitative estimate of drug-likeness (QED) is 0.711. The first kappa shape index (κ1) is 17.2. The van der Waals surface area contributed by atoms with E-state index in [1.54, 1.807) is 6.33 Å². The van der Waals surface area contributed by atoms with Crippen LogP contribution in [0, 0.1) is 5.41 Å². The highest BCUT2D eigenvalue weighted by Gasteiger charge is 2.37. The van der Waals surface area contributed by atoms with Gasteiger partial charge in [-0.2, -0.15) is 4.98 Å². The number of sulfone groups is 1. The average molecular weight is 375 g/mol. The monoisotopic (exact) mass is 375 g/mol. The van der Waals surface area contributed by atoms with Crippen molar-refractivity contribution in [3.63, 3.8) is 0 Å². The second kappa shape index (κ2) is 6.48. The zero-order valence-corrected chi connectivity index (χ0v) is 15.2. The number of nitrogens with two attached hydrogens (primary N) is 1. The second-order valence-corrected chi connectivity index (χ2v) is 9.30. The number of hydrogen-bond donors (Lipinski definition) is 1. The molecule has 0 aliphatic carbocycles. The normalized spacial score (nSPS) is 19.0. The summed E-state index contributed by atoms with van der Waals surface area (Å²) >= 11 is 0. The Balaban J connectivity index is 1.49. The van der Waals surface area contributed by atoms with Gasteiger partial charge in [0.2, 0.25) is 5.89 Å². The van der Waals surface area contributed by atoms with E-state index in [4.69, 9.17) is 10.3 Å². The van der Waals surface area contributed by atoms with Crippen LogP contribution in [0.2, 0.25) is 0 Å². The Morgan fingerprint density at radius 1 is 1.23 bits per heavy atom. The molecule has 0 atom stereocenters. The number of hydrogen-bond acceptors (Lipinski definition) is 7. The molecule has 0 amide bonds. The fourth-order valence-corrected chi connectivity index (χ4v) is 5.15. The molecular formula is C17H21N5O3S. The van der Waals surface area contributed by atoms with Crippen LogP contribution < -0.4 is 5.73 Å². The van der Waals surface area contributed by atoms with Crippen molar-refractivity contribution in [2.75, 3.05) is 18.1 Å². The predicted molar refractivity (Wildman–Crippen MR) is 96.2 cm³/mol. The third-order valence-electron chi connectivity index (χ3n) is 5.20. The fraction of sp³-hybridized carbons (Fsp3) is 0.471. The number of imidazole rings is 1. The minimum Gasteiger partial charge on any atom is -0.339 e. The van der Waals surface area contributed by atoms with Crippen LogP contribution in [-0.2, 0) is 22.8 Å². The van der Waals surface area contributed by atoms with Crippen LogP contribution >= 0.6 is 0 Å². The Labute approximate surface area is 151 Å². The summed E-state index contributed by atoms with van der Waals surface area (Å²) in [4.78, 5) is 8.84. The van der Waals surface area contributed by atoms with E-state index in [1.165, 1.54) is 0 Å². The molecule has 3 heterocycles. The highest BCUT2D eigenvalue weighted by Crippen LogP contribution is 2.34. The van der Waals surface area contributed by atoms with Gasteiger partial charge in [0, 0.05) is 6.42 Å². The number of rotatable bonds is 5. The molecule has 2 aromatic heterocycles. The van der Waals surface area contributed by atoms with Crippen LogP contribution in [0.15, 0.2) is 35.1 Å².